The van der Waals surface area contributed by atoms with E-state index >= 15 is 0 Å². The minimum Gasteiger partial charge on any atom is -0.504 e. The minimum atomic E-state index is 0.0792. The third kappa shape index (κ3) is 6.22. The molecule has 0 aliphatic heterocycles. The number of benzene rings is 1. The van der Waals surface area contributed by atoms with E-state index in [4.69, 9.17) is 0 Å². The lowest BCUT2D eigenvalue weighted by Crippen LogP contribution is -2.01. The van der Waals surface area contributed by atoms with Gasteiger partial charge in [-0.2, -0.15) is 0 Å². The van der Waals surface area contributed by atoms with Crippen molar-refractivity contribution in [2.45, 2.75) is 68.2 Å². The Labute approximate surface area is 170 Å². The lowest BCUT2D eigenvalue weighted by molar-refractivity contribution is 0.0982. The lowest BCUT2D eigenvalue weighted by Gasteiger charge is -2.06. The number of fused-ring (bicyclic) bond motifs is 1. The summed E-state index contributed by atoms with van der Waals surface area (Å²) in [6.45, 7) is 15.9. The van der Waals surface area contributed by atoms with Crippen molar-refractivity contribution in [3.05, 3.63) is 65.1 Å². The number of Topliss-reactive ketones (excluding diaryl/α,β-unsaturated/α-hetero) is 1. The van der Waals surface area contributed by atoms with Gasteiger partial charge in [-0.05, 0) is 31.9 Å². The number of aromatic nitrogens is 2. The van der Waals surface area contributed by atoms with Crippen LogP contribution < -0.4 is 0 Å². The van der Waals surface area contributed by atoms with E-state index < -0.39 is 0 Å². The number of hydrogen-bond acceptors (Lipinski definition) is 3. The fourth-order valence-electron chi connectivity index (χ4n) is 2.58. The average molecular weight is 385 g/mol. The van der Waals surface area contributed by atoms with Gasteiger partial charge in [0.2, 0.25) is 0 Å². The second-order valence-electron chi connectivity index (χ2n) is 5.46. The van der Waals surface area contributed by atoms with E-state index in [1.54, 1.807) is 0 Å². The second-order valence-corrected chi connectivity index (χ2v) is 5.46. The van der Waals surface area contributed by atoms with E-state index in [-0.39, 0.29) is 11.5 Å². The van der Waals surface area contributed by atoms with E-state index in [1.165, 1.54) is 0 Å². The molecule has 3 rings (SSSR count). The van der Waals surface area contributed by atoms with Gasteiger partial charge in [-0.25, -0.2) is 4.98 Å². The van der Waals surface area contributed by atoms with Crippen LogP contribution in [0.3, 0.4) is 0 Å². The molecular weight excluding hydrogens is 348 g/mol. The first-order valence-corrected chi connectivity index (χ1v) is 10.3. The number of aromatic hydroxyl groups is 1. The summed E-state index contributed by atoms with van der Waals surface area (Å²) < 4.78 is 1.87. The van der Waals surface area contributed by atoms with Gasteiger partial charge in [0.1, 0.15) is 0 Å². The van der Waals surface area contributed by atoms with Crippen LogP contribution in [-0.4, -0.2) is 20.3 Å². The Morgan fingerprint density at radius 2 is 1.54 bits per heavy atom. The molecule has 0 bridgehead atoms. The Balaban J connectivity index is 0.00000111. The maximum Gasteiger partial charge on any atom is 0.180 e. The number of carbonyl (C=O) groups excluding carboxylic acids is 1. The standard InChI is InChI=1S/C18H18N2O2.3C2H6/c1-12-13(2)20-11-10-15(17(22)18(20)19-12)8-9-16(21)14-6-4-3-5-7-14;3*1-2/h3-7,10-11,22H,8-9H2,1-2H3;3*1-2H3. The molecule has 0 unspecified atom stereocenters. The van der Waals surface area contributed by atoms with Gasteiger partial charge >= 0.3 is 0 Å². The molecular formula is C24H36N2O2. The number of hydrogen-bond donors (Lipinski definition) is 1. The summed E-state index contributed by atoms with van der Waals surface area (Å²) in [6.07, 6.45) is 2.76. The molecule has 28 heavy (non-hydrogen) atoms. The summed E-state index contributed by atoms with van der Waals surface area (Å²) in [5, 5.41) is 10.4. The zero-order valence-corrected chi connectivity index (χ0v) is 18.7. The fraction of sp³-hybridized carbons (Fsp3) is 0.417. The third-order valence-electron chi connectivity index (χ3n) is 4.04. The molecule has 2 aromatic heterocycles. The van der Waals surface area contributed by atoms with Crippen molar-refractivity contribution >= 4 is 11.4 Å². The third-order valence-corrected chi connectivity index (χ3v) is 4.04. The first-order valence-electron chi connectivity index (χ1n) is 10.3. The van der Waals surface area contributed by atoms with Gasteiger partial charge in [-0.15, -0.1) is 0 Å². The fourth-order valence-corrected chi connectivity index (χ4v) is 2.58. The highest BCUT2D eigenvalue weighted by molar-refractivity contribution is 5.96. The summed E-state index contributed by atoms with van der Waals surface area (Å²) >= 11 is 0. The van der Waals surface area contributed by atoms with Crippen LogP contribution in [0.1, 0.15) is 75.3 Å². The van der Waals surface area contributed by atoms with Crippen molar-refractivity contribution in [3.8, 4) is 5.75 Å². The number of rotatable bonds is 4. The van der Waals surface area contributed by atoms with Crippen LogP contribution in [0.5, 0.6) is 5.75 Å². The van der Waals surface area contributed by atoms with Gasteiger partial charge in [-0.3, -0.25) is 4.79 Å². The van der Waals surface area contributed by atoms with Crippen LogP contribution in [0.25, 0.3) is 5.65 Å². The number of imidazole rings is 1. The first-order chi connectivity index (χ1) is 13.6. The Morgan fingerprint density at radius 3 is 2.11 bits per heavy atom. The second kappa shape index (κ2) is 13.5. The Hall–Kier alpha value is -2.62. The highest BCUT2D eigenvalue weighted by Gasteiger charge is 2.13. The van der Waals surface area contributed by atoms with Crippen molar-refractivity contribution in [1.82, 2.24) is 9.38 Å². The molecule has 0 aliphatic carbocycles. The van der Waals surface area contributed by atoms with Crippen molar-refractivity contribution in [2.24, 2.45) is 0 Å². The Morgan fingerprint density at radius 1 is 0.964 bits per heavy atom. The molecule has 0 fully saturated rings. The predicted molar refractivity (Wildman–Crippen MR) is 119 cm³/mol. The normalized spacial score (nSPS) is 9.29. The van der Waals surface area contributed by atoms with E-state index in [2.05, 4.69) is 4.98 Å². The maximum atomic E-state index is 12.1. The molecule has 0 amide bonds. The molecule has 0 saturated carbocycles. The topological polar surface area (TPSA) is 54.6 Å². The highest BCUT2D eigenvalue weighted by Crippen LogP contribution is 2.26. The minimum absolute atomic E-state index is 0.0792. The van der Waals surface area contributed by atoms with E-state index in [0.29, 0.717) is 24.1 Å². The Bertz CT molecular complexity index is 837. The monoisotopic (exact) mass is 384 g/mol. The highest BCUT2D eigenvalue weighted by atomic mass is 16.3. The summed E-state index contributed by atoms with van der Waals surface area (Å²) in [6, 6.07) is 11.1. The number of carbonyl (C=O) groups is 1. The van der Waals surface area contributed by atoms with Crippen LogP contribution in [0.2, 0.25) is 0 Å². The summed E-state index contributed by atoms with van der Waals surface area (Å²) in [4.78, 5) is 16.5. The van der Waals surface area contributed by atoms with Crippen LogP contribution in [0, 0.1) is 13.8 Å². The SMILES string of the molecule is CC.CC.CC.Cc1nc2c(O)c(CCC(=O)c3ccccc3)ccn2c1C. The molecule has 0 saturated heterocycles. The van der Waals surface area contributed by atoms with Gasteiger partial charge in [0, 0.05) is 23.9 Å². The summed E-state index contributed by atoms with van der Waals surface area (Å²) in [5.41, 5.74) is 3.92. The quantitative estimate of drug-likeness (QED) is 0.519. The van der Waals surface area contributed by atoms with E-state index in [1.807, 2.05) is 102 Å². The molecule has 1 aromatic carbocycles. The van der Waals surface area contributed by atoms with Gasteiger partial charge in [0.25, 0.3) is 0 Å². The first kappa shape index (κ1) is 25.4. The molecule has 0 aliphatic rings. The molecule has 4 nitrogen and oxygen atoms in total. The zero-order valence-electron chi connectivity index (χ0n) is 18.7. The molecule has 2 heterocycles. The molecule has 0 atom stereocenters. The molecule has 0 spiro atoms. The van der Waals surface area contributed by atoms with Gasteiger partial charge < -0.3 is 9.51 Å². The molecule has 3 aromatic rings. The Kier molecular flexibility index (Phi) is 12.3. The van der Waals surface area contributed by atoms with E-state index in [0.717, 1.165) is 17.0 Å². The van der Waals surface area contributed by atoms with Crippen molar-refractivity contribution < 1.29 is 9.90 Å². The zero-order chi connectivity index (χ0) is 21.7. The average Bonchev–Trinajstić information content (AvgIpc) is 3.07. The smallest absolute Gasteiger partial charge is 0.180 e. The maximum absolute atomic E-state index is 12.1. The number of pyridine rings is 1. The number of aryl methyl sites for hydroxylation is 3. The van der Waals surface area contributed by atoms with Crippen molar-refractivity contribution in [1.29, 1.82) is 0 Å². The molecule has 4 heteroatoms. The molecule has 154 valence electrons. The van der Waals surface area contributed by atoms with Crippen LogP contribution in [0.15, 0.2) is 42.6 Å². The van der Waals surface area contributed by atoms with Crippen molar-refractivity contribution in [2.75, 3.05) is 0 Å². The summed E-state index contributed by atoms with van der Waals surface area (Å²) in [7, 11) is 0. The number of ketones is 1. The van der Waals surface area contributed by atoms with Crippen molar-refractivity contribution in [3.63, 3.8) is 0 Å². The summed E-state index contributed by atoms with van der Waals surface area (Å²) in [5.74, 6) is 0.245. The van der Waals surface area contributed by atoms with E-state index in [9.17, 15) is 9.90 Å². The molecule has 0 radical (unpaired) electrons. The lowest BCUT2D eigenvalue weighted by atomic mass is 10.0. The van der Waals surface area contributed by atoms with Gasteiger partial charge in [0.15, 0.2) is 17.2 Å². The van der Waals surface area contributed by atoms with Crippen LogP contribution in [-0.2, 0) is 6.42 Å². The predicted octanol–water partition coefficient (Wildman–Crippen LogP) is 6.55. The largest absolute Gasteiger partial charge is 0.504 e. The van der Waals surface area contributed by atoms with Crippen LogP contribution >= 0.6 is 0 Å². The van der Waals surface area contributed by atoms with Gasteiger partial charge in [-0.1, -0.05) is 71.9 Å². The number of nitrogens with zero attached hydrogens (tertiary/aromatic N) is 2. The van der Waals surface area contributed by atoms with Gasteiger partial charge in [0.05, 0.1) is 5.69 Å². The van der Waals surface area contributed by atoms with Crippen LogP contribution in [0.4, 0.5) is 0 Å². The molecule has 1 N–H and O–H groups in total.